The molecular weight excluding hydrogens is 1120 g/mol. The maximum Gasteiger partial charge on any atom is 0.326 e. The minimum Gasteiger partial charge on any atom is -0.481 e. The van der Waals surface area contributed by atoms with Crippen molar-refractivity contribution in [1.29, 1.82) is 0 Å². The summed E-state index contributed by atoms with van der Waals surface area (Å²) in [7, 11) is 0. The normalized spacial score (nSPS) is 15.0. The van der Waals surface area contributed by atoms with Crippen LogP contribution in [0.3, 0.4) is 0 Å². The summed E-state index contributed by atoms with van der Waals surface area (Å²) in [6.07, 6.45) is -5.20. The summed E-state index contributed by atoms with van der Waals surface area (Å²) in [6, 6.07) is -16.5. The summed E-state index contributed by atoms with van der Waals surface area (Å²) in [5, 5.41) is 78.2. The maximum absolute atomic E-state index is 14.2. The molecule has 10 amide bonds. The molecule has 0 bridgehead atoms. The van der Waals surface area contributed by atoms with Gasteiger partial charge in [0, 0.05) is 25.7 Å². The Labute approximate surface area is 484 Å². The lowest BCUT2D eigenvalue weighted by atomic mass is 9.96. The highest BCUT2D eigenvalue weighted by Gasteiger charge is 2.37. The van der Waals surface area contributed by atoms with Crippen LogP contribution in [0.2, 0.25) is 0 Å². The minimum atomic E-state index is -1.98. The fraction of sp³-hybridized carbons (Fsp3) is 0.706. The summed E-state index contributed by atoms with van der Waals surface area (Å²) < 4.78 is 0. The number of carbonyl (C=O) groups excluding carboxylic acids is 10. The molecule has 33 nitrogen and oxygen atoms in total. The van der Waals surface area contributed by atoms with Crippen LogP contribution >= 0.6 is 0 Å². The number of hydrogen-bond donors (Lipinski definition) is 18. The largest absolute Gasteiger partial charge is 0.481 e. The number of hydrogen-bond acceptors (Lipinski definition) is 18. The molecule has 11 atom stereocenters. The number of rotatable bonds is 44. The monoisotopic (exact) mass is 1200 g/mol. The number of primary amides is 1. The lowest BCUT2D eigenvalue weighted by Crippen LogP contribution is -2.62. The molecule has 33 heteroatoms. The van der Waals surface area contributed by atoms with Crippen LogP contribution in [0, 0.1) is 17.8 Å². The van der Waals surface area contributed by atoms with Crippen LogP contribution in [0.1, 0.15) is 138 Å². The van der Waals surface area contributed by atoms with Gasteiger partial charge in [0.2, 0.25) is 59.1 Å². The molecule has 0 aliphatic heterocycles. The van der Waals surface area contributed by atoms with E-state index in [9.17, 15) is 97.5 Å². The predicted molar refractivity (Wildman–Crippen MR) is 293 cm³/mol. The Hall–Kier alpha value is -8.07. The van der Waals surface area contributed by atoms with E-state index >= 15 is 0 Å². The SMILES string of the molecule is CC[C@@H](C)[C@H](NC(=O)[C@H](CC(C)C)NC(=O)[C@H](CCCCN)NC(=O)[C@H](CCC(N)=O)NC(=O)[C@@H](N)CCC(=O)O)C(=O)N[C@@H](CO)C(=O)N[C@@H](CCC(=O)O)C(=O)N[C@@H](CCC(=O)O)C(=O)N[C@@H](CC(=O)O)C(=O)N[C@@H](CC(C)C)C(=O)O. The van der Waals surface area contributed by atoms with Gasteiger partial charge in [-0.25, -0.2) is 4.79 Å². The first-order chi connectivity index (χ1) is 39.2. The molecule has 0 heterocycles. The Bertz CT molecular complexity index is 2300. The Morgan fingerprint density at radius 3 is 1.17 bits per heavy atom. The van der Waals surface area contributed by atoms with Gasteiger partial charge in [-0.1, -0.05) is 48.0 Å². The molecule has 0 saturated carbocycles. The zero-order chi connectivity index (χ0) is 64.6. The molecule has 0 unspecified atom stereocenters. The minimum absolute atomic E-state index is 0.0624. The molecule has 0 saturated heterocycles. The third kappa shape index (κ3) is 30.8. The lowest BCUT2D eigenvalue weighted by Gasteiger charge is -2.30. The Morgan fingerprint density at radius 1 is 0.405 bits per heavy atom. The first-order valence-electron chi connectivity index (χ1n) is 27.4. The summed E-state index contributed by atoms with van der Waals surface area (Å²) >= 11 is 0. The van der Waals surface area contributed by atoms with Gasteiger partial charge in [0.25, 0.3) is 0 Å². The summed E-state index contributed by atoms with van der Waals surface area (Å²) in [6.45, 7) is 8.84. The molecule has 476 valence electrons. The van der Waals surface area contributed by atoms with Gasteiger partial charge in [-0.05, 0) is 82.1 Å². The number of aliphatic hydroxyl groups is 1. The van der Waals surface area contributed by atoms with Crippen molar-refractivity contribution in [3.8, 4) is 0 Å². The zero-order valence-electron chi connectivity index (χ0n) is 48.1. The number of carbonyl (C=O) groups is 15. The zero-order valence-corrected chi connectivity index (χ0v) is 48.1. The number of aliphatic hydroxyl groups excluding tert-OH is 1. The van der Waals surface area contributed by atoms with E-state index < -0.39 is 207 Å². The van der Waals surface area contributed by atoms with Crippen molar-refractivity contribution < 1.29 is 103 Å². The van der Waals surface area contributed by atoms with Crippen molar-refractivity contribution in [2.45, 2.75) is 198 Å². The van der Waals surface area contributed by atoms with Crippen molar-refractivity contribution in [3.63, 3.8) is 0 Å². The molecule has 0 fully saturated rings. The maximum atomic E-state index is 14.2. The van der Waals surface area contributed by atoms with Crippen LogP contribution in [0.4, 0.5) is 0 Å². The molecule has 0 spiro atoms. The van der Waals surface area contributed by atoms with E-state index in [2.05, 4.69) is 47.9 Å². The van der Waals surface area contributed by atoms with Gasteiger partial charge < -0.3 is 95.7 Å². The molecule has 0 rings (SSSR count). The molecule has 0 aromatic carbocycles. The van der Waals surface area contributed by atoms with E-state index in [4.69, 9.17) is 22.3 Å². The van der Waals surface area contributed by atoms with E-state index in [1.807, 2.05) is 0 Å². The summed E-state index contributed by atoms with van der Waals surface area (Å²) in [5.74, 6) is -19.7. The van der Waals surface area contributed by atoms with Crippen molar-refractivity contribution in [2.24, 2.45) is 35.0 Å². The number of aliphatic carboxylic acids is 5. The number of nitrogens with two attached hydrogens (primary N) is 3. The van der Waals surface area contributed by atoms with Crippen molar-refractivity contribution in [3.05, 3.63) is 0 Å². The molecule has 0 radical (unpaired) electrons. The van der Waals surface area contributed by atoms with E-state index in [1.54, 1.807) is 34.6 Å². The number of carboxylic acid groups (broad SMARTS) is 5. The van der Waals surface area contributed by atoms with Gasteiger partial charge in [-0.3, -0.25) is 67.1 Å². The fourth-order valence-corrected chi connectivity index (χ4v) is 7.90. The van der Waals surface area contributed by atoms with Gasteiger partial charge in [0.15, 0.2) is 0 Å². The van der Waals surface area contributed by atoms with Gasteiger partial charge in [0.05, 0.1) is 19.1 Å². The second-order valence-corrected chi connectivity index (χ2v) is 20.9. The van der Waals surface area contributed by atoms with Crippen LogP contribution < -0.4 is 65.1 Å². The molecular formula is C51H86N12O21. The van der Waals surface area contributed by atoms with Crippen LogP contribution in [0.15, 0.2) is 0 Å². The van der Waals surface area contributed by atoms with Crippen LogP contribution in [0.25, 0.3) is 0 Å². The van der Waals surface area contributed by atoms with Crippen LogP contribution in [-0.2, 0) is 71.9 Å². The highest BCUT2D eigenvalue weighted by molar-refractivity contribution is 5.99. The third-order valence-corrected chi connectivity index (χ3v) is 12.7. The molecule has 0 aliphatic rings. The van der Waals surface area contributed by atoms with Gasteiger partial charge in [0.1, 0.15) is 54.4 Å². The molecule has 84 heavy (non-hydrogen) atoms. The first-order valence-corrected chi connectivity index (χ1v) is 27.4. The Morgan fingerprint density at radius 2 is 0.762 bits per heavy atom. The molecule has 21 N–H and O–H groups in total. The fourth-order valence-electron chi connectivity index (χ4n) is 7.90. The second kappa shape index (κ2) is 39.4. The first kappa shape index (κ1) is 75.9. The van der Waals surface area contributed by atoms with E-state index in [-0.39, 0.29) is 63.3 Å². The highest BCUT2D eigenvalue weighted by atomic mass is 16.4. The van der Waals surface area contributed by atoms with Gasteiger partial charge in [-0.15, -0.1) is 0 Å². The predicted octanol–water partition coefficient (Wildman–Crippen LogP) is -4.64. The molecule has 0 aromatic rings. The Kier molecular flexibility index (Phi) is 35.6. The number of amides is 10. The van der Waals surface area contributed by atoms with Gasteiger partial charge >= 0.3 is 29.8 Å². The smallest absolute Gasteiger partial charge is 0.326 e. The molecule has 0 aromatic heterocycles. The highest BCUT2D eigenvalue weighted by Crippen LogP contribution is 2.14. The third-order valence-electron chi connectivity index (χ3n) is 12.7. The second-order valence-electron chi connectivity index (χ2n) is 20.9. The quantitative estimate of drug-likeness (QED) is 0.0255. The number of carboxylic acids is 5. The molecule has 0 aliphatic carbocycles. The van der Waals surface area contributed by atoms with Crippen molar-refractivity contribution >= 4 is 88.9 Å². The van der Waals surface area contributed by atoms with E-state index in [0.717, 1.165) is 0 Å². The standard InChI is InChI=1S/C51H86N12O21/c1-7-26(6)41(63-48(80)32(20-24(2)3)59-43(75)28(10-8-9-19-52)56-44(76)29(12-15-36(54)65)55-42(74)27(53)11-16-37(66)67)50(82)62-35(23-64)49(81)58-30(13-17-38(68)69)45(77)57-31(14-18-39(70)71)46(78)60-33(22-40(72)73)47(79)61-34(51(83)84)21-25(4)5/h24-35,41,64H,7-23,52-53H2,1-6H3,(H2,54,65)(H,55,74)(H,56,76)(H,57,77)(H,58,81)(H,59,75)(H,60,78)(H,61,79)(H,62,82)(H,63,80)(H,66,67)(H,68,69)(H,70,71)(H,72,73)(H,83,84)/t26-,27+,28+,29+,30+,31+,32+,33+,34+,35+,41+/m1/s1. The lowest BCUT2D eigenvalue weighted by molar-refractivity contribution is -0.144. The number of nitrogens with one attached hydrogen (secondary N) is 9. The van der Waals surface area contributed by atoms with E-state index in [0.29, 0.717) is 6.42 Å². The van der Waals surface area contributed by atoms with Crippen molar-refractivity contribution in [1.82, 2.24) is 47.9 Å². The van der Waals surface area contributed by atoms with Gasteiger partial charge in [-0.2, -0.15) is 0 Å². The summed E-state index contributed by atoms with van der Waals surface area (Å²) in [4.78, 5) is 193. The summed E-state index contributed by atoms with van der Waals surface area (Å²) in [5.41, 5.74) is 16.8. The average molecular weight is 1200 g/mol. The van der Waals surface area contributed by atoms with Crippen LogP contribution in [0.5, 0.6) is 0 Å². The van der Waals surface area contributed by atoms with Crippen LogP contribution in [-0.4, -0.2) is 193 Å². The van der Waals surface area contributed by atoms with Crippen molar-refractivity contribution in [2.75, 3.05) is 13.2 Å². The average Bonchev–Trinajstić information content (AvgIpc) is 3.58. The topological polar surface area (TPSA) is 564 Å². The number of unbranched alkanes of at least 4 members (excludes halogenated alkanes) is 1. The van der Waals surface area contributed by atoms with E-state index in [1.165, 1.54) is 6.92 Å². The Balaban J connectivity index is 6.82.